The number of aromatic nitrogens is 2. The van der Waals surface area contributed by atoms with Crippen molar-refractivity contribution in [2.45, 2.75) is 0 Å². The van der Waals surface area contributed by atoms with Crippen LogP contribution >= 0.6 is 15.9 Å². The van der Waals surface area contributed by atoms with Crippen LogP contribution < -0.4 is 20.7 Å². The zero-order chi connectivity index (χ0) is 22.9. The summed E-state index contributed by atoms with van der Waals surface area (Å²) in [7, 11) is -4.62. The Morgan fingerprint density at radius 2 is 2.32 bits per heavy atom. The summed E-state index contributed by atoms with van der Waals surface area (Å²) < 4.78 is 79.5. The maximum atomic E-state index is 13.6. The van der Waals surface area contributed by atoms with Crippen LogP contribution in [0.3, 0.4) is 0 Å². The molecule has 0 atom stereocenters. The second-order valence-corrected chi connectivity index (χ2v) is 6.22. The van der Waals surface area contributed by atoms with Crippen LogP contribution in [0.5, 0.6) is 0 Å². The summed E-state index contributed by atoms with van der Waals surface area (Å²) >= 11 is 2.89. The zero-order valence-electron chi connectivity index (χ0n) is 16.9. The zero-order valence-corrected chi connectivity index (χ0v) is 14.3. The van der Waals surface area contributed by atoms with Crippen LogP contribution in [0.1, 0.15) is 12.5 Å². The fourth-order valence-electron chi connectivity index (χ4n) is 1.38. The van der Waals surface area contributed by atoms with Crippen LogP contribution in [0.15, 0.2) is 32.3 Å². The number of nitrogens with two attached hydrogens (primary N) is 1. The van der Waals surface area contributed by atoms with Crippen molar-refractivity contribution in [1.29, 1.82) is 0 Å². The Labute approximate surface area is 156 Å². The van der Waals surface area contributed by atoms with Crippen molar-refractivity contribution in [3.05, 3.63) is 34.2 Å². The van der Waals surface area contributed by atoms with Gasteiger partial charge in [-0.25, -0.2) is 23.9 Å². The molecule has 0 bridgehead atoms. The van der Waals surface area contributed by atoms with Gasteiger partial charge in [-0.15, -0.1) is 0 Å². The minimum Gasteiger partial charge on any atom is -0.364 e. The number of hydrogen-bond donors (Lipinski definition) is 5. The van der Waals surface area contributed by atoms with Gasteiger partial charge in [-0.2, -0.15) is 8.42 Å². The first-order chi connectivity index (χ1) is 13.7. The number of benzene rings is 1. The van der Waals surface area contributed by atoms with Gasteiger partial charge < -0.3 is 5.32 Å². The number of hydrogen-bond acceptors (Lipinski definition) is 8. The minimum atomic E-state index is -4.62. The summed E-state index contributed by atoms with van der Waals surface area (Å²) in [6.45, 7) is -6.41. The first kappa shape index (κ1) is 13.1. The van der Waals surface area contributed by atoms with E-state index in [1.165, 1.54) is 10.8 Å². The van der Waals surface area contributed by atoms with Crippen molar-refractivity contribution in [3.63, 3.8) is 0 Å². The van der Waals surface area contributed by atoms with E-state index in [0.717, 1.165) is 6.07 Å². The van der Waals surface area contributed by atoms with Gasteiger partial charge in [-0.1, -0.05) is 0 Å². The van der Waals surface area contributed by atoms with Crippen molar-refractivity contribution in [3.8, 4) is 0 Å². The molecule has 0 aliphatic carbocycles. The molecule has 0 saturated heterocycles. The summed E-state index contributed by atoms with van der Waals surface area (Å²) in [6.07, 6.45) is 0. The molecule has 0 spiro atoms. The van der Waals surface area contributed by atoms with Crippen LogP contribution in [-0.2, 0) is 10.2 Å². The van der Waals surface area contributed by atoms with E-state index in [1.54, 1.807) is 5.48 Å². The molecule has 25 heavy (non-hydrogen) atoms. The van der Waals surface area contributed by atoms with Crippen LogP contribution in [0, 0.1) is 5.82 Å². The Morgan fingerprint density at radius 1 is 1.56 bits per heavy atom. The number of rotatable bonds is 7. The Morgan fingerprint density at radius 3 is 2.96 bits per heavy atom. The lowest BCUT2D eigenvalue weighted by molar-refractivity contribution is 0.234. The summed E-state index contributed by atoms with van der Waals surface area (Å²) in [5.74, 6) is -1.95. The molecule has 136 valence electrons. The Kier molecular flexibility index (Phi) is 4.36. The highest BCUT2D eigenvalue weighted by molar-refractivity contribution is 9.10. The molecule has 14 heteroatoms. The third-order valence-electron chi connectivity index (χ3n) is 2.33. The van der Waals surface area contributed by atoms with E-state index in [2.05, 4.69) is 41.0 Å². The standard InChI is InChI=1S/C11H13BrFN7O4S/c12-7-5-6(1-2-8(7)13)17-11(18-21)9-10(20-24-19-9)15-3-4-16-25(14,22)23/h1-2,5,16,21H,3-4H2,(H,15,20)(H,17,18)(H2,14,22,23)/i2D,3D2,4D2. The smallest absolute Gasteiger partial charge is 0.274 e. The van der Waals surface area contributed by atoms with Gasteiger partial charge in [0, 0.05) is 15.7 Å². The van der Waals surface area contributed by atoms with Crippen LogP contribution in [0.2, 0.25) is 0 Å². The molecule has 2 rings (SSSR count). The molecule has 0 aliphatic rings. The molecule has 6 N–H and O–H groups in total. The highest BCUT2D eigenvalue weighted by Crippen LogP contribution is 2.23. The number of anilines is 1. The lowest BCUT2D eigenvalue weighted by Crippen LogP contribution is -2.34. The molecular formula is C11H13BrFN7O4S. The van der Waals surface area contributed by atoms with Crippen molar-refractivity contribution >= 4 is 43.5 Å². The monoisotopic (exact) mass is 442 g/mol. The Balaban J connectivity index is 2.41. The highest BCUT2D eigenvalue weighted by Gasteiger charge is 2.16. The quantitative estimate of drug-likeness (QED) is 0.230. The number of hydroxylamine groups is 1. The van der Waals surface area contributed by atoms with Gasteiger partial charge in [0.2, 0.25) is 5.82 Å². The summed E-state index contributed by atoms with van der Waals surface area (Å²) in [5, 5.41) is 22.7. The predicted octanol–water partition coefficient (Wildman–Crippen LogP) is 0.233. The van der Waals surface area contributed by atoms with E-state index < -0.39 is 52.4 Å². The SMILES string of the molecule is [2H]c1cc(N=C(NO)c2nonc2NC([2H])([2H])C([2H])([2H])NS(N)(=O)=O)cc(Br)c1F. The highest BCUT2D eigenvalue weighted by atomic mass is 79.9. The average Bonchev–Trinajstić information content (AvgIpc) is 3.02. The first-order valence-corrected chi connectivity index (χ1v) is 8.38. The van der Waals surface area contributed by atoms with Crippen molar-refractivity contribution in [2.75, 3.05) is 18.3 Å². The second-order valence-electron chi connectivity index (χ2n) is 4.08. The first-order valence-electron chi connectivity index (χ1n) is 8.54. The van der Waals surface area contributed by atoms with Gasteiger partial charge in [0.15, 0.2) is 11.5 Å². The maximum Gasteiger partial charge on any atom is 0.274 e. The van der Waals surface area contributed by atoms with E-state index in [-0.39, 0.29) is 10.2 Å². The summed E-state index contributed by atoms with van der Waals surface area (Å²) in [4.78, 5) is 3.88. The fraction of sp³-hybridized carbons (Fsp3) is 0.182. The number of nitrogens with zero attached hydrogens (tertiary/aromatic N) is 3. The summed E-state index contributed by atoms with van der Waals surface area (Å²) in [6, 6.07) is 1.65. The molecule has 0 saturated carbocycles. The van der Waals surface area contributed by atoms with Crippen LogP contribution in [0.4, 0.5) is 15.9 Å². The van der Waals surface area contributed by atoms with Gasteiger partial charge in [0.05, 0.1) is 14.3 Å². The Hall–Kier alpha value is -2.13. The normalized spacial score (nSPS) is 16.3. The molecule has 11 nitrogen and oxygen atoms in total. The second kappa shape index (κ2) is 8.30. The molecule has 0 aliphatic heterocycles. The molecule has 0 amide bonds. The van der Waals surface area contributed by atoms with E-state index in [1.807, 2.05) is 5.32 Å². The third kappa shape index (κ3) is 5.71. The lowest BCUT2D eigenvalue weighted by Gasteiger charge is -2.06. The van der Waals surface area contributed by atoms with Crippen molar-refractivity contribution < 1.29 is 29.5 Å². The number of aliphatic imine (C=N–C) groups is 1. The average molecular weight is 443 g/mol. The number of nitrogens with one attached hydrogen (secondary N) is 3. The largest absolute Gasteiger partial charge is 0.364 e. The van der Waals surface area contributed by atoms with Gasteiger partial charge in [-0.05, 0) is 44.4 Å². The minimum absolute atomic E-state index is 0.0343. The molecule has 2 aromatic rings. The van der Waals surface area contributed by atoms with Gasteiger partial charge >= 0.3 is 0 Å². The van der Waals surface area contributed by atoms with E-state index in [9.17, 15) is 18.0 Å². The molecule has 1 aromatic carbocycles. The van der Waals surface area contributed by atoms with Crippen LogP contribution in [-0.4, -0.2) is 42.8 Å². The van der Waals surface area contributed by atoms with E-state index in [4.69, 9.17) is 6.85 Å². The predicted molar refractivity (Wildman–Crippen MR) is 89.1 cm³/mol. The van der Waals surface area contributed by atoms with Crippen molar-refractivity contribution in [2.24, 2.45) is 10.1 Å². The van der Waals surface area contributed by atoms with E-state index in [0.29, 0.717) is 0 Å². The molecule has 0 unspecified atom stereocenters. The summed E-state index contributed by atoms with van der Waals surface area (Å²) in [5.41, 5.74) is 1.15. The Bertz CT molecular complexity index is 1060. The van der Waals surface area contributed by atoms with Gasteiger partial charge in [0.25, 0.3) is 10.2 Å². The molecular weight excluding hydrogens is 425 g/mol. The molecule has 0 fully saturated rings. The fourth-order valence-corrected chi connectivity index (χ4v) is 1.92. The lowest BCUT2D eigenvalue weighted by atomic mass is 10.3. The topological polar surface area (TPSA) is 168 Å². The number of halogens is 2. The van der Waals surface area contributed by atoms with Gasteiger partial charge in [0.1, 0.15) is 5.82 Å². The van der Waals surface area contributed by atoms with Crippen LogP contribution in [0.25, 0.3) is 0 Å². The van der Waals surface area contributed by atoms with E-state index >= 15 is 0 Å². The van der Waals surface area contributed by atoms with Crippen molar-refractivity contribution in [1.82, 2.24) is 20.5 Å². The maximum absolute atomic E-state index is 13.6. The molecule has 0 radical (unpaired) electrons. The molecule has 1 heterocycles. The van der Waals surface area contributed by atoms with Gasteiger partial charge in [-0.3, -0.25) is 10.7 Å². The number of amidine groups is 1. The molecule has 1 aromatic heterocycles. The third-order valence-corrected chi connectivity index (χ3v) is 3.29.